The summed E-state index contributed by atoms with van der Waals surface area (Å²) in [6, 6.07) is 3.98. The first-order valence-electron chi connectivity index (χ1n) is 5.10. The number of rotatable bonds is 6. The Kier molecular flexibility index (Phi) is 4.73. The molecule has 0 aliphatic rings. The van der Waals surface area contributed by atoms with E-state index in [4.69, 9.17) is 10.5 Å². The Labute approximate surface area is 94.9 Å². The van der Waals surface area contributed by atoms with Crippen LogP contribution in [0.2, 0.25) is 0 Å². The molecule has 0 aliphatic heterocycles. The van der Waals surface area contributed by atoms with E-state index in [0.717, 1.165) is 11.3 Å². The molecule has 0 aliphatic carbocycles. The van der Waals surface area contributed by atoms with Crippen molar-refractivity contribution >= 4 is 11.3 Å². The van der Waals surface area contributed by atoms with E-state index < -0.39 is 5.60 Å². The minimum Gasteiger partial charge on any atom is -0.382 e. The number of aryl methyl sites for hydroxylation is 1. The van der Waals surface area contributed by atoms with Crippen molar-refractivity contribution in [3.63, 3.8) is 0 Å². The molecule has 1 unspecified atom stereocenters. The topological polar surface area (TPSA) is 55.5 Å². The van der Waals surface area contributed by atoms with E-state index in [-0.39, 0.29) is 0 Å². The lowest BCUT2D eigenvalue weighted by Crippen LogP contribution is -2.31. The smallest absolute Gasteiger partial charge is 0.122 e. The third-order valence-corrected chi connectivity index (χ3v) is 3.57. The van der Waals surface area contributed by atoms with Gasteiger partial charge in [0.15, 0.2) is 0 Å². The summed E-state index contributed by atoms with van der Waals surface area (Å²) in [6.07, 6.45) is 1.45. The van der Waals surface area contributed by atoms with Crippen molar-refractivity contribution in [1.29, 1.82) is 0 Å². The molecule has 1 rings (SSSR count). The molecule has 86 valence electrons. The lowest BCUT2D eigenvalue weighted by atomic mass is 9.97. The van der Waals surface area contributed by atoms with Gasteiger partial charge in [0.05, 0.1) is 6.61 Å². The van der Waals surface area contributed by atoms with Crippen LogP contribution in [-0.4, -0.2) is 25.4 Å². The summed E-state index contributed by atoms with van der Waals surface area (Å²) < 4.78 is 5.08. The van der Waals surface area contributed by atoms with Crippen LogP contribution in [0.15, 0.2) is 12.1 Å². The van der Waals surface area contributed by atoms with E-state index in [9.17, 15) is 5.11 Å². The maximum atomic E-state index is 10.5. The molecule has 3 nitrogen and oxygen atoms in total. The first-order chi connectivity index (χ1) is 7.12. The number of ether oxygens (including phenoxy) is 1. The predicted molar refractivity (Wildman–Crippen MR) is 63.1 cm³/mol. The van der Waals surface area contributed by atoms with Crippen LogP contribution in [0.3, 0.4) is 0 Å². The summed E-state index contributed by atoms with van der Waals surface area (Å²) in [5.41, 5.74) is 4.60. The van der Waals surface area contributed by atoms with Gasteiger partial charge >= 0.3 is 0 Å². The van der Waals surface area contributed by atoms with Crippen LogP contribution in [0, 0.1) is 6.92 Å². The highest BCUT2D eigenvalue weighted by atomic mass is 32.1. The minimum absolute atomic E-state index is 0.326. The van der Waals surface area contributed by atoms with Crippen LogP contribution in [0.5, 0.6) is 0 Å². The third-order valence-electron chi connectivity index (χ3n) is 2.38. The molecular formula is C11H19NO2S. The van der Waals surface area contributed by atoms with Crippen molar-refractivity contribution in [2.24, 2.45) is 5.73 Å². The number of hydrogen-bond acceptors (Lipinski definition) is 4. The molecule has 0 radical (unpaired) electrons. The van der Waals surface area contributed by atoms with Crippen LogP contribution in [-0.2, 0) is 10.3 Å². The molecule has 3 N–H and O–H groups in total. The molecule has 1 atom stereocenters. The Morgan fingerprint density at radius 2 is 2.27 bits per heavy atom. The van der Waals surface area contributed by atoms with Crippen molar-refractivity contribution in [3.8, 4) is 0 Å². The van der Waals surface area contributed by atoms with Gasteiger partial charge in [-0.1, -0.05) is 0 Å². The van der Waals surface area contributed by atoms with Gasteiger partial charge in [-0.25, -0.2) is 0 Å². The molecule has 0 fully saturated rings. The van der Waals surface area contributed by atoms with Gasteiger partial charge in [-0.05, 0) is 38.4 Å². The van der Waals surface area contributed by atoms with Gasteiger partial charge in [-0.2, -0.15) is 0 Å². The first kappa shape index (κ1) is 12.6. The fourth-order valence-corrected chi connectivity index (χ4v) is 2.55. The zero-order chi connectivity index (χ0) is 11.3. The molecule has 1 heterocycles. The second-order valence-corrected chi connectivity index (χ2v) is 5.06. The van der Waals surface area contributed by atoms with Crippen molar-refractivity contribution in [1.82, 2.24) is 0 Å². The number of nitrogens with two attached hydrogens (primary N) is 1. The molecule has 0 spiro atoms. The van der Waals surface area contributed by atoms with Gasteiger partial charge in [0, 0.05) is 16.9 Å². The molecule has 0 bridgehead atoms. The number of aliphatic hydroxyl groups is 1. The Balaban J connectivity index is 2.79. The Morgan fingerprint density at radius 3 is 2.73 bits per heavy atom. The predicted octanol–water partition coefficient (Wildman–Crippen LogP) is 1.63. The summed E-state index contributed by atoms with van der Waals surface area (Å²) >= 11 is 1.61. The largest absolute Gasteiger partial charge is 0.382 e. The summed E-state index contributed by atoms with van der Waals surface area (Å²) in [6.45, 7) is 2.95. The molecule has 15 heavy (non-hydrogen) atoms. The molecule has 1 aromatic heterocycles. The van der Waals surface area contributed by atoms with E-state index in [1.807, 2.05) is 19.1 Å². The van der Waals surface area contributed by atoms with E-state index >= 15 is 0 Å². The lowest BCUT2D eigenvalue weighted by molar-refractivity contribution is -0.0402. The molecule has 0 aromatic carbocycles. The zero-order valence-corrected chi connectivity index (χ0v) is 10.1. The molecule has 0 saturated carbocycles. The molecular weight excluding hydrogens is 210 g/mol. The quantitative estimate of drug-likeness (QED) is 0.779. The van der Waals surface area contributed by atoms with E-state index in [1.54, 1.807) is 18.4 Å². The Bertz CT molecular complexity index is 301. The van der Waals surface area contributed by atoms with Crippen molar-refractivity contribution in [2.75, 3.05) is 20.3 Å². The van der Waals surface area contributed by atoms with E-state index in [1.165, 1.54) is 4.88 Å². The van der Waals surface area contributed by atoms with Gasteiger partial charge in [0.25, 0.3) is 0 Å². The Morgan fingerprint density at radius 1 is 1.53 bits per heavy atom. The van der Waals surface area contributed by atoms with Gasteiger partial charge in [-0.15, -0.1) is 11.3 Å². The highest BCUT2D eigenvalue weighted by Gasteiger charge is 2.30. The Hall–Kier alpha value is -0.420. The summed E-state index contributed by atoms with van der Waals surface area (Å²) in [7, 11) is 1.61. The van der Waals surface area contributed by atoms with Crippen LogP contribution in [0.4, 0.5) is 0 Å². The number of methoxy groups -OCH3 is 1. The number of thiophene rings is 1. The first-order valence-corrected chi connectivity index (χ1v) is 5.92. The van der Waals surface area contributed by atoms with Crippen LogP contribution < -0.4 is 5.73 Å². The maximum absolute atomic E-state index is 10.5. The van der Waals surface area contributed by atoms with Crippen LogP contribution in [0.25, 0.3) is 0 Å². The SMILES string of the molecule is COCC(O)(CCCN)c1ccc(C)s1. The maximum Gasteiger partial charge on any atom is 0.122 e. The highest BCUT2D eigenvalue weighted by molar-refractivity contribution is 7.12. The van der Waals surface area contributed by atoms with E-state index in [2.05, 4.69) is 0 Å². The van der Waals surface area contributed by atoms with Crippen molar-refractivity contribution < 1.29 is 9.84 Å². The fourth-order valence-electron chi connectivity index (χ4n) is 1.58. The number of hydrogen-bond donors (Lipinski definition) is 2. The third kappa shape index (κ3) is 3.28. The molecule has 0 amide bonds. The summed E-state index contributed by atoms with van der Waals surface area (Å²) in [4.78, 5) is 2.17. The fraction of sp³-hybridized carbons (Fsp3) is 0.636. The monoisotopic (exact) mass is 229 g/mol. The zero-order valence-electron chi connectivity index (χ0n) is 9.32. The lowest BCUT2D eigenvalue weighted by Gasteiger charge is -2.26. The van der Waals surface area contributed by atoms with Crippen LogP contribution >= 0.6 is 11.3 Å². The molecule has 0 saturated heterocycles. The summed E-state index contributed by atoms with van der Waals surface area (Å²) in [5.74, 6) is 0. The average Bonchev–Trinajstić information content (AvgIpc) is 2.63. The molecule has 4 heteroatoms. The second kappa shape index (κ2) is 5.61. The standard InChI is InChI=1S/C11H19NO2S/c1-9-4-5-10(15-9)11(13,8-14-2)6-3-7-12/h4-5,13H,3,6-8,12H2,1-2H3. The van der Waals surface area contributed by atoms with E-state index in [0.29, 0.717) is 19.6 Å². The molecule has 1 aromatic rings. The highest BCUT2D eigenvalue weighted by Crippen LogP contribution is 2.32. The van der Waals surface area contributed by atoms with Crippen molar-refractivity contribution in [3.05, 3.63) is 21.9 Å². The van der Waals surface area contributed by atoms with Crippen molar-refractivity contribution in [2.45, 2.75) is 25.4 Å². The minimum atomic E-state index is -0.868. The second-order valence-electron chi connectivity index (χ2n) is 3.77. The van der Waals surface area contributed by atoms with Gasteiger partial charge in [0.2, 0.25) is 0 Å². The normalized spacial score (nSPS) is 15.2. The van der Waals surface area contributed by atoms with Gasteiger partial charge in [0.1, 0.15) is 5.60 Å². The van der Waals surface area contributed by atoms with Gasteiger partial charge < -0.3 is 15.6 Å². The van der Waals surface area contributed by atoms with Crippen LogP contribution in [0.1, 0.15) is 22.6 Å². The average molecular weight is 229 g/mol. The summed E-state index contributed by atoms with van der Waals surface area (Å²) in [5, 5.41) is 10.5. The van der Waals surface area contributed by atoms with Gasteiger partial charge in [-0.3, -0.25) is 0 Å².